The molecule has 226 valence electrons. The summed E-state index contributed by atoms with van der Waals surface area (Å²) in [6.07, 6.45) is 24.6. The van der Waals surface area contributed by atoms with E-state index in [1.807, 2.05) is 0 Å². The van der Waals surface area contributed by atoms with Gasteiger partial charge in [0.15, 0.2) is 0 Å². The summed E-state index contributed by atoms with van der Waals surface area (Å²) in [5, 5.41) is 0. The van der Waals surface area contributed by atoms with E-state index in [1.165, 1.54) is 113 Å². The Bertz CT molecular complexity index is 540. The highest BCUT2D eigenvalue weighted by Crippen LogP contribution is 2.24. The number of unbranched alkanes of at least 4 members (excludes halogenated alkanes) is 18. The molecular formula is C32H64N2O4. The van der Waals surface area contributed by atoms with Crippen LogP contribution < -0.4 is 0 Å². The second-order valence-corrected chi connectivity index (χ2v) is 11.5. The number of hydrogen-bond donors (Lipinski definition) is 0. The van der Waals surface area contributed by atoms with Crippen LogP contribution in [0.25, 0.3) is 0 Å². The summed E-state index contributed by atoms with van der Waals surface area (Å²) in [5.74, 6) is -1.98. The predicted molar refractivity (Wildman–Crippen MR) is 160 cm³/mol. The summed E-state index contributed by atoms with van der Waals surface area (Å²) in [6, 6.07) is 0. The first-order chi connectivity index (χ1) is 18.3. The van der Waals surface area contributed by atoms with Crippen molar-refractivity contribution in [1.82, 2.24) is 9.80 Å². The average Bonchev–Trinajstić information content (AvgIpc) is 2.89. The van der Waals surface area contributed by atoms with E-state index >= 15 is 0 Å². The van der Waals surface area contributed by atoms with Gasteiger partial charge in [-0.3, -0.25) is 9.59 Å². The van der Waals surface area contributed by atoms with Crippen LogP contribution in [-0.4, -0.2) is 68.8 Å². The fraction of sp³-hybridized carbons (Fsp3) is 0.938. The van der Waals surface area contributed by atoms with E-state index in [0.717, 1.165) is 25.7 Å². The molecule has 0 rings (SSSR count). The van der Waals surface area contributed by atoms with Gasteiger partial charge in [-0.05, 0) is 12.8 Å². The molecule has 6 nitrogen and oxygen atoms in total. The van der Waals surface area contributed by atoms with Crippen molar-refractivity contribution in [3.63, 3.8) is 0 Å². The number of hydrogen-bond acceptors (Lipinski definition) is 4. The van der Waals surface area contributed by atoms with Gasteiger partial charge in [0.25, 0.3) is 11.7 Å². The Morgan fingerprint density at radius 2 is 0.816 bits per heavy atom. The number of rotatable bonds is 27. The van der Waals surface area contributed by atoms with Crippen molar-refractivity contribution in [3.05, 3.63) is 0 Å². The molecule has 0 unspecified atom stereocenters. The van der Waals surface area contributed by atoms with E-state index in [0.29, 0.717) is 13.2 Å². The van der Waals surface area contributed by atoms with E-state index in [9.17, 15) is 9.59 Å². The minimum absolute atomic E-state index is 0.0907. The maximum Gasteiger partial charge on any atom is 0.282 e. The molecule has 0 saturated carbocycles. The SMILES string of the molecule is CCCCCCCCCCCCOC(CC(=O)N(C)C)(OCCCCCCCCCCCC)C(=O)N(C)C. The van der Waals surface area contributed by atoms with E-state index in [1.54, 1.807) is 28.2 Å². The average molecular weight is 541 g/mol. The van der Waals surface area contributed by atoms with Gasteiger partial charge in [-0.15, -0.1) is 0 Å². The minimum atomic E-state index is -1.54. The normalized spacial score (nSPS) is 11.6. The number of carbonyl (C=O) groups excluding carboxylic acids is 2. The Morgan fingerprint density at radius 1 is 0.500 bits per heavy atom. The lowest BCUT2D eigenvalue weighted by Crippen LogP contribution is -2.53. The van der Waals surface area contributed by atoms with Crippen molar-refractivity contribution in [2.75, 3.05) is 41.4 Å². The smallest absolute Gasteiger partial charge is 0.282 e. The van der Waals surface area contributed by atoms with E-state index in [4.69, 9.17) is 9.47 Å². The Morgan fingerprint density at radius 3 is 1.11 bits per heavy atom. The molecule has 0 N–H and O–H groups in total. The molecule has 0 aromatic rings. The van der Waals surface area contributed by atoms with Gasteiger partial charge in [0.05, 0.1) is 19.6 Å². The first-order valence-electron chi connectivity index (χ1n) is 16.0. The summed E-state index contributed by atoms with van der Waals surface area (Å²) in [6.45, 7) is 5.36. The Hall–Kier alpha value is -1.14. The standard InChI is InChI=1S/C32H64N2O4/c1-7-9-11-13-15-17-19-21-23-25-27-37-32(31(36)34(5)6,29-30(35)33(3)4)38-28-26-24-22-20-18-16-14-12-10-8-2/h7-29H2,1-6H3. The van der Waals surface area contributed by atoms with Gasteiger partial charge < -0.3 is 19.3 Å². The van der Waals surface area contributed by atoms with Crippen molar-refractivity contribution in [2.45, 2.75) is 154 Å². The Labute approximate surface area is 236 Å². The zero-order chi connectivity index (χ0) is 28.5. The molecule has 0 heterocycles. The third kappa shape index (κ3) is 19.0. The van der Waals surface area contributed by atoms with Gasteiger partial charge >= 0.3 is 0 Å². The molecule has 0 saturated heterocycles. The van der Waals surface area contributed by atoms with Crippen LogP contribution in [0.4, 0.5) is 0 Å². The fourth-order valence-electron chi connectivity index (χ4n) is 4.69. The molecule has 0 aliphatic rings. The first kappa shape index (κ1) is 36.9. The second-order valence-electron chi connectivity index (χ2n) is 11.5. The van der Waals surface area contributed by atoms with Crippen LogP contribution in [0.3, 0.4) is 0 Å². The molecule has 0 aliphatic carbocycles. The molecule has 0 bridgehead atoms. The van der Waals surface area contributed by atoms with Crippen LogP contribution in [-0.2, 0) is 19.1 Å². The van der Waals surface area contributed by atoms with Crippen LogP contribution >= 0.6 is 0 Å². The molecule has 0 fully saturated rings. The lowest BCUT2D eigenvalue weighted by atomic mass is 10.1. The van der Waals surface area contributed by atoms with Gasteiger partial charge in [-0.1, -0.05) is 129 Å². The summed E-state index contributed by atoms with van der Waals surface area (Å²) in [4.78, 5) is 28.9. The third-order valence-electron chi connectivity index (χ3n) is 7.28. The van der Waals surface area contributed by atoms with Gasteiger partial charge in [0.1, 0.15) is 0 Å². The van der Waals surface area contributed by atoms with Crippen molar-refractivity contribution >= 4 is 11.8 Å². The summed E-state index contributed by atoms with van der Waals surface area (Å²) in [7, 11) is 6.81. The molecule has 0 aliphatic heterocycles. The van der Waals surface area contributed by atoms with Crippen molar-refractivity contribution in [1.29, 1.82) is 0 Å². The van der Waals surface area contributed by atoms with Crippen molar-refractivity contribution < 1.29 is 19.1 Å². The number of likely N-dealkylation sites (N-methyl/N-ethyl adjacent to an activating group) is 1. The van der Waals surface area contributed by atoms with Crippen LogP contribution in [0, 0.1) is 0 Å². The maximum absolute atomic E-state index is 13.3. The highest BCUT2D eigenvalue weighted by atomic mass is 16.7. The van der Waals surface area contributed by atoms with Gasteiger partial charge in [-0.25, -0.2) is 0 Å². The number of amides is 2. The monoisotopic (exact) mass is 540 g/mol. The van der Waals surface area contributed by atoms with Gasteiger partial charge in [0.2, 0.25) is 5.91 Å². The van der Waals surface area contributed by atoms with Crippen molar-refractivity contribution in [2.24, 2.45) is 0 Å². The minimum Gasteiger partial charge on any atom is -0.349 e. The lowest BCUT2D eigenvalue weighted by Gasteiger charge is -2.34. The largest absolute Gasteiger partial charge is 0.349 e. The molecule has 2 amide bonds. The zero-order valence-corrected chi connectivity index (χ0v) is 26.3. The molecule has 0 aromatic carbocycles. The Kier molecular flexibility index (Phi) is 24.1. The number of ether oxygens (including phenoxy) is 2. The first-order valence-corrected chi connectivity index (χ1v) is 16.0. The van der Waals surface area contributed by atoms with Gasteiger partial charge in [0, 0.05) is 28.2 Å². The van der Waals surface area contributed by atoms with E-state index in [2.05, 4.69) is 13.8 Å². The number of nitrogens with zero attached hydrogens (tertiary/aromatic N) is 2. The lowest BCUT2D eigenvalue weighted by molar-refractivity contribution is -0.240. The summed E-state index contributed by atoms with van der Waals surface area (Å²) in [5.41, 5.74) is 0. The predicted octanol–water partition coefficient (Wildman–Crippen LogP) is 8.12. The van der Waals surface area contributed by atoms with Crippen LogP contribution in [0.15, 0.2) is 0 Å². The topological polar surface area (TPSA) is 59.1 Å². The quantitative estimate of drug-likeness (QED) is 0.0779. The molecule has 0 spiro atoms. The Balaban J connectivity index is 4.61. The fourth-order valence-corrected chi connectivity index (χ4v) is 4.69. The van der Waals surface area contributed by atoms with Crippen LogP contribution in [0.1, 0.15) is 149 Å². The van der Waals surface area contributed by atoms with E-state index < -0.39 is 5.79 Å². The molecule has 38 heavy (non-hydrogen) atoms. The van der Waals surface area contributed by atoms with Crippen LogP contribution in [0.2, 0.25) is 0 Å². The molecule has 0 atom stereocenters. The number of carbonyl (C=O) groups is 2. The van der Waals surface area contributed by atoms with Gasteiger partial charge in [-0.2, -0.15) is 0 Å². The highest BCUT2D eigenvalue weighted by molar-refractivity contribution is 5.89. The molecule has 6 heteroatoms. The van der Waals surface area contributed by atoms with Crippen LogP contribution in [0.5, 0.6) is 0 Å². The molecular weight excluding hydrogens is 476 g/mol. The maximum atomic E-state index is 13.3. The second kappa shape index (κ2) is 24.9. The summed E-state index contributed by atoms with van der Waals surface area (Å²) >= 11 is 0. The van der Waals surface area contributed by atoms with E-state index in [-0.39, 0.29) is 18.2 Å². The molecule has 0 aromatic heterocycles. The zero-order valence-electron chi connectivity index (χ0n) is 26.3. The van der Waals surface area contributed by atoms with Crippen molar-refractivity contribution in [3.8, 4) is 0 Å². The third-order valence-corrected chi connectivity index (χ3v) is 7.28. The molecule has 0 radical (unpaired) electrons. The summed E-state index contributed by atoms with van der Waals surface area (Å²) < 4.78 is 12.4. The highest BCUT2D eigenvalue weighted by Gasteiger charge is 2.44.